The lowest BCUT2D eigenvalue weighted by atomic mass is 10.2. The predicted octanol–water partition coefficient (Wildman–Crippen LogP) is 3.45. The molecule has 0 radical (unpaired) electrons. The van der Waals surface area contributed by atoms with Crippen LogP contribution in [0.4, 0.5) is 11.4 Å². The first-order valence-electron chi connectivity index (χ1n) is 7.84. The normalized spacial score (nSPS) is 12.3. The smallest absolute Gasteiger partial charge is 0.247 e. The van der Waals surface area contributed by atoms with Gasteiger partial charge >= 0.3 is 0 Å². The summed E-state index contributed by atoms with van der Waals surface area (Å²) in [7, 11) is -2.22. The van der Waals surface area contributed by atoms with E-state index in [-0.39, 0.29) is 0 Å². The number of methoxy groups -OCH3 is 1. The van der Waals surface area contributed by atoms with Gasteiger partial charge in [0.15, 0.2) is 0 Å². The summed E-state index contributed by atoms with van der Waals surface area (Å²) in [6.45, 7) is 3.37. The van der Waals surface area contributed by atoms with Gasteiger partial charge in [-0.15, -0.1) is 0 Å². The molecule has 140 valence electrons. The van der Waals surface area contributed by atoms with Crippen molar-refractivity contribution in [1.82, 2.24) is 0 Å². The van der Waals surface area contributed by atoms with E-state index in [4.69, 9.17) is 16.3 Å². The fraction of sp³-hybridized carbons (Fsp3) is 0.278. The number of halogens is 1. The number of aryl methyl sites for hydroxylation is 1. The van der Waals surface area contributed by atoms with Crippen molar-refractivity contribution in [1.29, 1.82) is 0 Å². The van der Waals surface area contributed by atoms with Crippen LogP contribution in [-0.2, 0) is 14.8 Å². The van der Waals surface area contributed by atoms with Crippen LogP contribution in [0.25, 0.3) is 0 Å². The molecule has 1 atom stereocenters. The van der Waals surface area contributed by atoms with E-state index >= 15 is 0 Å². The van der Waals surface area contributed by atoms with Crippen molar-refractivity contribution < 1.29 is 17.9 Å². The first kappa shape index (κ1) is 20.1. The van der Waals surface area contributed by atoms with Gasteiger partial charge in [-0.2, -0.15) is 0 Å². The number of benzene rings is 2. The second-order valence-electron chi connectivity index (χ2n) is 5.89. The Labute approximate surface area is 158 Å². The molecule has 1 N–H and O–H groups in total. The second-order valence-corrected chi connectivity index (χ2v) is 8.16. The SMILES string of the molecule is COc1cccc(N([C@H](C)C(=O)Nc2ccc(C)c(Cl)c2)S(C)(=O)=O)c1. The van der Waals surface area contributed by atoms with E-state index in [1.807, 2.05) is 6.92 Å². The molecule has 2 aromatic rings. The number of hydrogen-bond donors (Lipinski definition) is 1. The molecule has 0 bridgehead atoms. The number of nitrogens with one attached hydrogen (secondary N) is 1. The predicted molar refractivity (Wildman–Crippen MR) is 105 cm³/mol. The van der Waals surface area contributed by atoms with Crippen LogP contribution in [0.1, 0.15) is 12.5 Å². The third kappa shape index (κ3) is 4.68. The highest BCUT2D eigenvalue weighted by molar-refractivity contribution is 7.92. The Kier molecular flexibility index (Phi) is 6.15. The van der Waals surface area contributed by atoms with Crippen molar-refractivity contribution in [3.05, 3.63) is 53.1 Å². The summed E-state index contributed by atoms with van der Waals surface area (Å²) in [6, 6.07) is 10.7. The van der Waals surface area contributed by atoms with Crippen LogP contribution in [-0.4, -0.2) is 33.7 Å². The topological polar surface area (TPSA) is 75.7 Å². The molecular weight excluding hydrogens is 376 g/mol. The molecule has 0 spiro atoms. The molecule has 0 unspecified atom stereocenters. The van der Waals surface area contributed by atoms with Gasteiger partial charge in [0, 0.05) is 16.8 Å². The average Bonchev–Trinajstić information content (AvgIpc) is 2.57. The zero-order chi connectivity index (χ0) is 19.5. The summed E-state index contributed by atoms with van der Waals surface area (Å²) in [5.41, 5.74) is 1.72. The third-order valence-electron chi connectivity index (χ3n) is 3.84. The average molecular weight is 397 g/mol. The maximum atomic E-state index is 12.6. The molecule has 0 fully saturated rings. The molecule has 0 heterocycles. The Balaban J connectivity index is 2.32. The molecule has 8 heteroatoms. The van der Waals surface area contributed by atoms with Crippen molar-refractivity contribution >= 4 is 38.9 Å². The van der Waals surface area contributed by atoms with Crippen molar-refractivity contribution in [3.8, 4) is 5.75 Å². The summed E-state index contributed by atoms with van der Waals surface area (Å²) in [6.07, 6.45) is 1.05. The standard InChI is InChI=1S/C18H21ClN2O4S/c1-12-8-9-14(10-17(12)19)20-18(22)13(2)21(26(4,23)24)15-6-5-7-16(11-15)25-3/h5-11,13H,1-4H3,(H,20,22)/t13-/m1/s1. The van der Waals surface area contributed by atoms with Crippen molar-refractivity contribution in [3.63, 3.8) is 0 Å². The fourth-order valence-corrected chi connectivity index (χ4v) is 3.82. The number of ether oxygens (including phenoxy) is 1. The first-order valence-corrected chi connectivity index (χ1v) is 10.1. The molecule has 0 aliphatic carbocycles. The summed E-state index contributed by atoms with van der Waals surface area (Å²) in [5, 5.41) is 3.22. The van der Waals surface area contributed by atoms with Gasteiger partial charge < -0.3 is 10.1 Å². The van der Waals surface area contributed by atoms with Crippen molar-refractivity contribution in [2.24, 2.45) is 0 Å². The highest BCUT2D eigenvalue weighted by Crippen LogP contribution is 2.26. The number of rotatable bonds is 6. The lowest BCUT2D eigenvalue weighted by molar-refractivity contribution is -0.116. The number of sulfonamides is 1. The molecule has 0 aromatic heterocycles. The van der Waals surface area contributed by atoms with Gasteiger partial charge in [-0.3, -0.25) is 9.10 Å². The summed E-state index contributed by atoms with van der Waals surface area (Å²) < 4.78 is 30.8. The number of nitrogens with zero attached hydrogens (tertiary/aromatic N) is 1. The largest absolute Gasteiger partial charge is 0.497 e. The minimum atomic E-state index is -3.70. The van der Waals surface area contributed by atoms with Gasteiger partial charge in [0.2, 0.25) is 15.9 Å². The van der Waals surface area contributed by atoms with Gasteiger partial charge in [0.1, 0.15) is 11.8 Å². The van der Waals surface area contributed by atoms with Crippen LogP contribution < -0.4 is 14.4 Å². The second kappa shape index (κ2) is 7.97. The minimum Gasteiger partial charge on any atom is -0.497 e. The number of amides is 1. The fourth-order valence-electron chi connectivity index (χ4n) is 2.47. The molecule has 0 aliphatic heterocycles. The number of hydrogen-bond acceptors (Lipinski definition) is 4. The van der Waals surface area contributed by atoms with Crippen LogP contribution in [0.2, 0.25) is 5.02 Å². The molecule has 2 aromatic carbocycles. The number of anilines is 2. The Morgan fingerprint density at radius 1 is 1.23 bits per heavy atom. The van der Waals surface area contributed by atoms with Crippen LogP contribution in [0, 0.1) is 6.92 Å². The molecule has 0 saturated heterocycles. The van der Waals surface area contributed by atoms with E-state index in [0.29, 0.717) is 22.1 Å². The molecule has 2 rings (SSSR count). The van der Waals surface area contributed by atoms with E-state index in [0.717, 1.165) is 16.1 Å². The third-order valence-corrected chi connectivity index (χ3v) is 5.48. The van der Waals surface area contributed by atoms with E-state index in [1.165, 1.54) is 14.0 Å². The van der Waals surface area contributed by atoms with E-state index < -0.39 is 22.0 Å². The zero-order valence-electron chi connectivity index (χ0n) is 15.0. The minimum absolute atomic E-state index is 0.344. The maximum Gasteiger partial charge on any atom is 0.247 e. The summed E-state index contributed by atoms with van der Waals surface area (Å²) >= 11 is 6.07. The molecule has 0 saturated carbocycles. The van der Waals surface area contributed by atoms with Gasteiger partial charge in [0.25, 0.3) is 0 Å². The van der Waals surface area contributed by atoms with E-state index in [2.05, 4.69) is 5.32 Å². The Morgan fingerprint density at radius 2 is 1.92 bits per heavy atom. The van der Waals surface area contributed by atoms with E-state index in [1.54, 1.807) is 42.5 Å². The van der Waals surface area contributed by atoms with Gasteiger partial charge in [-0.1, -0.05) is 23.7 Å². The van der Waals surface area contributed by atoms with Crippen LogP contribution in [0.3, 0.4) is 0 Å². The maximum absolute atomic E-state index is 12.6. The van der Waals surface area contributed by atoms with Crippen LogP contribution in [0.15, 0.2) is 42.5 Å². The Bertz CT molecular complexity index is 915. The van der Waals surface area contributed by atoms with Crippen molar-refractivity contribution in [2.75, 3.05) is 23.0 Å². The summed E-state index contributed by atoms with van der Waals surface area (Å²) in [5.74, 6) is 0.0206. The Hall–Kier alpha value is -2.25. The number of carbonyl (C=O) groups excluding carboxylic acids is 1. The molecule has 26 heavy (non-hydrogen) atoms. The van der Waals surface area contributed by atoms with Gasteiger partial charge in [-0.25, -0.2) is 8.42 Å². The zero-order valence-corrected chi connectivity index (χ0v) is 16.6. The van der Waals surface area contributed by atoms with E-state index in [9.17, 15) is 13.2 Å². The highest BCUT2D eigenvalue weighted by atomic mass is 35.5. The van der Waals surface area contributed by atoms with Crippen LogP contribution in [0.5, 0.6) is 5.75 Å². The molecule has 6 nitrogen and oxygen atoms in total. The van der Waals surface area contributed by atoms with Crippen LogP contribution >= 0.6 is 11.6 Å². The van der Waals surface area contributed by atoms with Gasteiger partial charge in [0.05, 0.1) is 19.1 Å². The lowest BCUT2D eigenvalue weighted by Gasteiger charge is -2.28. The lowest BCUT2D eigenvalue weighted by Crippen LogP contribution is -2.45. The van der Waals surface area contributed by atoms with Crippen molar-refractivity contribution in [2.45, 2.75) is 19.9 Å². The monoisotopic (exact) mass is 396 g/mol. The Morgan fingerprint density at radius 3 is 2.50 bits per heavy atom. The molecular formula is C18H21ClN2O4S. The summed E-state index contributed by atoms with van der Waals surface area (Å²) in [4.78, 5) is 12.6. The molecule has 1 amide bonds. The quantitative estimate of drug-likeness (QED) is 0.811. The first-order chi connectivity index (χ1) is 12.1. The highest BCUT2D eigenvalue weighted by Gasteiger charge is 2.29. The van der Waals surface area contributed by atoms with Gasteiger partial charge in [-0.05, 0) is 43.7 Å². The number of carbonyl (C=O) groups is 1. The molecule has 0 aliphatic rings.